The molecule has 1 heterocycles. The van der Waals surface area contributed by atoms with Gasteiger partial charge in [0, 0.05) is 12.1 Å². The molecule has 24 heavy (non-hydrogen) atoms. The molecule has 1 aliphatic rings. The van der Waals surface area contributed by atoms with Gasteiger partial charge >= 0.3 is 0 Å². The first-order valence-electron chi connectivity index (χ1n) is 8.82. The molecule has 1 fully saturated rings. The Morgan fingerprint density at radius 3 is 2.58 bits per heavy atom. The van der Waals surface area contributed by atoms with Gasteiger partial charge in [0.05, 0.1) is 11.8 Å². The van der Waals surface area contributed by atoms with Crippen LogP contribution in [0.15, 0.2) is 36.7 Å². The van der Waals surface area contributed by atoms with Crippen LogP contribution in [0.25, 0.3) is 0 Å². The highest BCUT2D eigenvalue weighted by Gasteiger charge is 2.14. The minimum atomic E-state index is 0.127. The van der Waals surface area contributed by atoms with Crippen molar-refractivity contribution in [2.45, 2.75) is 58.1 Å². The molecule has 0 amide bonds. The molecule has 0 saturated heterocycles. The molecular formula is C19H26N4O. The molecule has 0 unspecified atom stereocenters. The van der Waals surface area contributed by atoms with Crippen LogP contribution >= 0.6 is 0 Å². The van der Waals surface area contributed by atoms with Gasteiger partial charge < -0.3 is 15.4 Å². The second kappa shape index (κ2) is 7.99. The van der Waals surface area contributed by atoms with Crippen LogP contribution in [0.2, 0.25) is 0 Å². The first kappa shape index (κ1) is 16.6. The van der Waals surface area contributed by atoms with Gasteiger partial charge in [0.1, 0.15) is 23.7 Å². The molecule has 128 valence electrons. The third-order valence-electron chi connectivity index (χ3n) is 4.14. The molecule has 1 aromatic carbocycles. The predicted molar refractivity (Wildman–Crippen MR) is 98.0 cm³/mol. The molecule has 0 atom stereocenters. The number of rotatable bonds is 6. The van der Waals surface area contributed by atoms with E-state index in [0.29, 0.717) is 6.04 Å². The highest BCUT2D eigenvalue weighted by atomic mass is 16.5. The Bertz CT molecular complexity index is 653. The van der Waals surface area contributed by atoms with E-state index in [0.717, 1.165) is 23.1 Å². The second-order valence-corrected chi connectivity index (χ2v) is 6.56. The van der Waals surface area contributed by atoms with E-state index in [1.807, 2.05) is 44.2 Å². The largest absolute Gasteiger partial charge is 0.489 e. The molecule has 1 aromatic heterocycles. The highest BCUT2D eigenvalue weighted by molar-refractivity contribution is 5.65. The fourth-order valence-electron chi connectivity index (χ4n) is 3.03. The average Bonchev–Trinajstić information content (AvgIpc) is 2.57. The summed E-state index contributed by atoms with van der Waals surface area (Å²) in [7, 11) is 0. The minimum absolute atomic E-state index is 0.127. The van der Waals surface area contributed by atoms with Crippen LogP contribution in [0, 0.1) is 0 Å². The fourth-order valence-corrected chi connectivity index (χ4v) is 3.03. The Morgan fingerprint density at radius 1 is 1.04 bits per heavy atom. The molecule has 0 aliphatic heterocycles. The van der Waals surface area contributed by atoms with E-state index in [-0.39, 0.29) is 6.10 Å². The van der Waals surface area contributed by atoms with Crippen LogP contribution in [-0.4, -0.2) is 22.1 Å². The summed E-state index contributed by atoms with van der Waals surface area (Å²) in [5, 5.41) is 6.87. The van der Waals surface area contributed by atoms with Gasteiger partial charge in [-0.05, 0) is 38.8 Å². The van der Waals surface area contributed by atoms with Crippen LogP contribution in [0.1, 0.15) is 46.0 Å². The lowest BCUT2D eigenvalue weighted by Crippen LogP contribution is -2.22. The molecule has 0 bridgehead atoms. The van der Waals surface area contributed by atoms with Crippen LogP contribution in [0.5, 0.6) is 5.75 Å². The number of benzene rings is 1. The first-order valence-corrected chi connectivity index (χ1v) is 8.82. The summed E-state index contributed by atoms with van der Waals surface area (Å²) in [5.74, 6) is 2.47. The number of para-hydroxylation sites is 2. The van der Waals surface area contributed by atoms with Gasteiger partial charge in [-0.2, -0.15) is 0 Å². The Morgan fingerprint density at radius 2 is 1.79 bits per heavy atom. The monoisotopic (exact) mass is 326 g/mol. The summed E-state index contributed by atoms with van der Waals surface area (Å²) in [5.41, 5.74) is 0.911. The van der Waals surface area contributed by atoms with Crippen molar-refractivity contribution in [2.24, 2.45) is 0 Å². The summed E-state index contributed by atoms with van der Waals surface area (Å²) in [6.07, 6.45) is 8.11. The number of nitrogens with zero attached hydrogens (tertiary/aromatic N) is 2. The van der Waals surface area contributed by atoms with Crippen molar-refractivity contribution in [2.75, 3.05) is 10.6 Å². The van der Waals surface area contributed by atoms with E-state index in [4.69, 9.17) is 4.74 Å². The smallest absolute Gasteiger partial charge is 0.143 e. The van der Waals surface area contributed by atoms with E-state index in [9.17, 15) is 0 Å². The van der Waals surface area contributed by atoms with Gasteiger partial charge in [-0.3, -0.25) is 0 Å². The summed E-state index contributed by atoms with van der Waals surface area (Å²) < 4.78 is 5.85. The zero-order valence-electron chi connectivity index (χ0n) is 14.5. The highest BCUT2D eigenvalue weighted by Crippen LogP contribution is 2.28. The fraction of sp³-hybridized carbons (Fsp3) is 0.474. The maximum atomic E-state index is 5.85. The standard InChI is InChI=1S/C19H26N4O/c1-14(2)24-17-11-7-6-10-16(17)23-19-12-18(20-13-21-19)22-15-8-4-3-5-9-15/h6-7,10-15H,3-5,8-9H2,1-2H3,(H2,20,21,22,23). The van der Waals surface area contributed by atoms with Crippen molar-refractivity contribution in [1.82, 2.24) is 9.97 Å². The van der Waals surface area contributed by atoms with E-state index in [1.54, 1.807) is 6.33 Å². The number of anilines is 3. The summed E-state index contributed by atoms with van der Waals surface area (Å²) in [6, 6.07) is 10.4. The Kier molecular flexibility index (Phi) is 5.51. The zero-order valence-corrected chi connectivity index (χ0v) is 14.5. The van der Waals surface area contributed by atoms with Crippen molar-refractivity contribution in [3.63, 3.8) is 0 Å². The lowest BCUT2D eigenvalue weighted by molar-refractivity contribution is 0.244. The van der Waals surface area contributed by atoms with Crippen LogP contribution in [-0.2, 0) is 0 Å². The summed E-state index contributed by atoms with van der Waals surface area (Å²) in [4.78, 5) is 8.68. The third kappa shape index (κ3) is 4.60. The number of hydrogen-bond acceptors (Lipinski definition) is 5. The molecule has 5 nitrogen and oxygen atoms in total. The lowest BCUT2D eigenvalue weighted by atomic mass is 9.95. The van der Waals surface area contributed by atoms with Crippen molar-refractivity contribution in [3.05, 3.63) is 36.7 Å². The number of aromatic nitrogens is 2. The average molecular weight is 326 g/mol. The van der Waals surface area contributed by atoms with Crippen LogP contribution in [0.3, 0.4) is 0 Å². The Balaban J connectivity index is 1.70. The summed E-state index contributed by atoms with van der Waals surface area (Å²) >= 11 is 0. The van der Waals surface area contributed by atoms with Gasteiger partial charge in [0.2, 0.25) is 0 Å². The van der Waals surface area contributed by atoms with E-state index in [1.165, 1.54) is 32.1 Å². The molecule has 2 N–H and O–H groups in total. The molecular weight excluding hydrogens is 300 g/mol. The number of ether oxygens (including phenoxy) is 1. The minimum Gasteiger partial charge on any atom is -0.489 e. The van der Waals surface area contributed by atoms with E-state index >= 15 is 0 Å². The molecule has 1 saturated carbocycles. The maximum Gasteiger partial charge on any atom is 0.143 e. The molecule has 0 radical (unpaired) electrons. The maximum absolute atomic E-state index is 5.85. The third-order valence-corrected chi connectivity index (χ3v) is 4.14. The Hall–Kier alpha value is -2.30. The molecule has 3 rings (SSSR count). The first-order chi connectivity index (χ1) is 11.7. The molecule has 0 spiro atoms. The van der Waals surface area contributed by atoms with Crippen LogP contribution in [0.4, 0.5) is 17.3 Å². The normalized spacial score (nSPS) is 15.3. The van der Waals surface area contributed by atoms with E-state index in [2.05, 4.69) is 20.6 Å². The SMILES string of the molecule is CC(C)Oc1ccccc1Nc1cc(NC2CCCCC2)ncn1. The summed E-state index contributed by atoms with van der Waals surface area (Å²) in [6.45, 7) is 4.04. The van der Waals surface area contributed by atoms with E-state index < -0.39 is 0 Å². The van der Waals surface area contributed by atoms with Gasteiger partial charge in [-0.25, -0.2) is 9.97 Å². The van der Waals surface area contributed by atoms with Crippen molar-refractivity contribution in [1.29, 1.82) is 0 Å². The quantitative estimate of drug-likeness (QED) is 0.802. The predicted octanol–water partition coefficient (Wildman–Crippen LogP) is 4.75. The van der Waals surface area contributed by atoms with Gasteiger partial charge in [0.15, 0.2) is 0 Å². The molecule has 1 aliphatic carbocycles. The van der Waals surface area contributed by atoms with Gasteiger partial charge in [-0.15, -0.1) is 0 Å². The molecule has 5 heteroatoms. The number of nitrogens with one attached hydrogen (secondary N) is 2. The number of hydrogen-bond donors (Lipinski definition) is 2. The van der Waals surface area contributed by atoms with Gasteiger partial charge in [0.25, 0.3) is 0 Å². The van der Waals surface area contributed by atoms with Crippen molar-refractivity contribution >= 4 is 17.3 Å². The lowest BCUT2D eigenvalue weighted by Gasteiger charge is -2.23. The molecule has 2 aromatic rings. The topological polar surface area (TPSA) is 59.1 Å². The Labute approximate surface area is 143 Å². The van der Waals surface area contributed by atoms with Crippen molar-refractivity contribution in [3.8, 4) is 5.75 Å². The van der Waals surface area contributed by atoms with Crippen molar-refractivity contribution < 1.29 is 4.74 Å². The van der Waals surface area contributed by atoms with Crippen LogP contribution < -0.4 is 15.4 Å². The van der Waals surface area contributed by atoms with Gasteiger partial charge in [-0.1, -0.05) is 31.4 Å². The zero-order chi connectivity index (χ0) is 16.8. The second-order valence-electron chi connectivity index (χ2n) is 6.56.